The molecule has 4 aromatic rings. The standard InChI is InChI=1S/C28H26N4O3/c33-27(17-25-21-8-4-5-9-22(21)28(34)35-25)29-20-10-11-24-23(16-20)30-26-18-31(14-15-32(24)26)13-12-19-6-2-1-3-7-19/h1-11,16,25H,12-15,17-18H2,(H,29,33)/t25-/m1/s1. The van der Waals surface area contributed by atoms with E-state index in [0.717, 1.165) is 55.0 Å². The van der Waals surface area contributed by atoms with Gasteiger partial charge in [-0.1, -0.05) is 48.5 Å². The van der Waals surface area contributed by atoms with Crippen LogP contribution in [0.25, 0.3) is 11.0 Å². The summed E-state index contributed by atoms with van der Waals surface area (Å²) < 4.78 is 7.68. The smallest absolute Gasteiger partial charge is 0.339 e. The van der Waals surface area contributed by atoms with E-state index in [1.807, 2.05) is 36.4 Å². The van der Waals surface area contributed by atoms with E-state index in [0.29, 0.717) is 11.3 Å². The second kappa shape index (κ2) is 9.00. The molecule has 3 heterocycles. The molecule has 2 aliphatic heterocycles. The fourth-order valence-electron chi connectivity index (χ4n) is 5.02. The van der Waals surface area contributed by atoms with Gasteiger partial charge in [0.15, 0.2) is 0 Å². The Balaban J connectivity index is 1.12. The molecule has 0 aliphatic carbocycles. The first-order valence-electron chi connectivity index (χ1n) is 12.0. The van der Waals surface area contributed by atoms with E-state index in [9.17, 15) is 9.59 Å². The number of carbonyl (C=O) groups is 2. The average molecular weight is 467 g/mol. The number of hydrogen-bond acceptors (Lipinski definition) is 5. The lowest BCUT2D eigenvalue weighted by Crippen LogP contribution is -2.35. The van der Waals surface area contributed by atoms with Gasteiger partial charge in [-0.2, -0.15) is 0 Å². The molecule has 35 heavy (non-hydrogen) atoms. The van der Waals surface area contributed by atoms with E-state index in [1.54, 1.807) is 12.1 Å². The lowest BCUT2D eigenvalue weighted by Gasteiger charge is -2.27. The molecule has 0 unspecified atom stereocenters. The number of ether oxygens (including phenoxy) is 1. The minimum absolute atomic E-state index is 0.0802. The van der Waals surface area contributed by atoms with Crippen molar-refractivity contribution in [1.82, 2.24) is 14.5 Å². The zero-order chi connectivity index (χ0) is 23.8. The van der Waals surface area contributed by atoms with Gasteiger partial charge in [0.25, 0.3) is 0 Å². The number of benzene rings is 3. The Morgan fingerprint density at radius 1 is 1.03 bits per heavy atom. The third-order valence-electron chi connectivity index (χ3n) is 6.82. The molecule has 1 N–H and O–H groups in total. The van der Waals surface area contributed by atoms with Gasteiger partial charge in [-0.25, -0.2) is 9.78 Å². The van der Waals surface area contributed by atoms with Crippen LogP contribution in [-0.4, -0.2) is 39.4 Å². The number of esters is 1. The number of fused-ring (bicyclic) bond motifs is 4. The molecule has 2 aliphatic rings. The molecule has 7 heteroatoms. The van der Waals surface area contributed by atoms with Crippen molar-refractivity contribution >= 4 is 28.6 Å². The molecule has 0 radical (unpaired) electrons. The molecule has 1 aromatic heterocycles. The van der Waals surface area contributed by atoms with Crippen molar-refractivity contribution in [3.63, 3.8) is 0 Å². The van der Waals surface area contributed by atoms with Crippen LogP contribution in [0.4, 0.5) is 5.69 Å². The first-order chi connectivity index (χ1) is 17.1. The number of rotatable bonds is 6. The summed E-state index contributed by atoms with van der Waals surface area (Å²) in [5, 5.41) is 2.94. The molecule has 0 saturated carbocycles. The number of amides is 1. The molecule has 1 atom stereocenters. The molecule has 0 bridgehead atoms. The molecular formula is C28H26N4O3. The van der Waals surface area contributed by atoms with Gasteiger partial charge in [-0.15, -0.1) is 0 Å². The van der Waals surface area contributed by atoms with Gasteiger partial charge in [0.2, 0.25) is 5.91 Å². The summed E-state index contributed by atoms with van der Waals surface area (Å²) in [4.78, 5) is 32.1. The van der Waals surface area contributed by atoms with E-state index in [-0.39, 0.29) is 18.3 Å². The van der Waals surface area contributed by atoms with Crippen molar-refractivity contribution in [2.24, 2.45) is 0 Å². The number of cyclic esters (lactones) is 1. The van der Waals surface area contributed by atoms with Crippen molar-refractivity contribution in [3.05, 3.63) is 95.3 Å². The third-order valence-corrected chi connectivity index (χ3v) is 6.82. The third kappa shape index (κ3) is 4.31. The quantitative estimate of drug-likeness (QED) is 0.428. The second-order valence-corrected chi connectivity index (χ2v) is 9.13. The molecular weight excluding hydrogens is 440 g/mol. The lowest BCUT2D eigenvalue weighted by molar-refractivity contribution is -0.118. The Morgan fingerprint density at radius 3 is 2.74 bits per heavy atom. The number of nitrogens with one attached hydrogen (secondary N) is 1. The van der Waals surface area contributed by atoms with Gasteiger partial charge in [0.1, 0.15) is 11.9 Å². The number of aromatic nitrogens is 2. The largest absolute Gasteiger partial charge is 0.453 e. The predicted octanol–water partition coefficient (Wildman–Crippen LogP) is 4.33. The summed E-state index contributed by atoms with van der Waals surface area (Å²) in [5.74, 6) is 0.480. The lowest BCUT2D eigenvalue weighted by atomic mass is 10.0. The van der Waals surface area contributed by atoms with Crippen LogP contribution < -0.4 is 5.32 Å². The maximum absolute atomic E-state index is 12.7. The van der Waals surface area contributed by atoms with E-state index < -0.39 is 6.10 Å². The topological polar surface area (TPSA) is 76.5 Å². The number of nitrogens with zero attached hydrogens (tertiary/aromatic N) is 3. The zero-order valence-corrected chi connectivity index (χ0v) is 19.3. The molecule has 0 fully saturated rings. The monoisotopic (exact) mass is 466 g/mol. The van der Waals surface area contributed by atoms with E-state index in [1.165, 1.54) is 5.56 Å². The van der Waals surface area contributed by atoms with E-state index in [2.05, 4.69) is 39.0 Å². The van der Waals surface area contributed by atoms with Crippen molar-refractivity contribution in [1.29, 1.82) is 0 Å². The molecule has 0 saturated heterocycles. The van der Waals surface area contributed by atoms with Crippen LogP contribution in [0, 0.1) is 0 Å². The van der Waals surface area contributed by atoms with Crippen LogP contribution in [-0.2, 0) is 29.0 Å². The maximum Gasteiger partial charge on any atom is 0.339 e. The molecule has 176 valence electrons. The van der Waals surface area contributed by atoms with Gasteiger partial charge in [-0.3, -0.25) is 9.69 Å². The highest BCUT2D eigenvalue weighted by Crippen LogP contribution is 2.33. The van der Waals surface area contributed by atoms with E-state index in [4.69, 9.17) is 9.72 Å². The van der Waals surface area contributed by atoms with Gasteiger partial charge in [0, 0.05) is 30.9 Å². The molecule has 1 amide bonds. The average Bonchev–Trinajstić information content (AvgIpc) is 3.39. The first-order valence-corrected chi connectivity index (χ1v) is 12.0. The SMILES string of the molecule is O=C(C[C@H]1OC(=O)c2ccccc21)Nc1ccc2c(c1)nc1n2CCN(CCc2ccccc2)C1. The summed E-state index contributed by atoms with van der Waals surface area (Å²) in [6.45, 7) is 3.71. The summed E-state index contributed by atoms with van der Waals surface area (Å²) in [6, 6.07) is 23.6. The van der Waals surface area contributed by atoms with Crippen LogP contribution >= 0.6 is 0 Å². The second-order valence-electron chi connectivity index (χ2n) is 9.13. The highest BCUT2D eigenvalue weighted by atomic mass is 16.5. The Hall–Kier alpha value is -3.97. The molecule has 7 nitrogen and oxygen atoms in total. The Bertz CT molecular complexity index is 1410. The molecule has 0 spiro atoms. The zero-order valence-electron chi connectivity index (χ0n) is 19.3. The first kappa shape index (κ1) is 21.6. The van der Waals surface area contributed by atoms with Gasteiger partial charge in [-0.05, 0) is 36.2 Å². The highest BCUT2D eigenvalue weighted by molar-refractivity contribution is 5.97. The van der Waals surface area contributed by atoms with Gasteiger partial charge in [0.05, 0.1) is 29.6 Å². The fourth-order valence-corrected chi connectivity index (χ4v) is 5.02. The van der Waals surface area contributed by atoms with E-state index >= 15 is 0 Å². The Labute approximate surface area is 203 Å². The minimum Gasteiger partial charge on any atom is -0.453 e. The predicted molar refractivity (Wildman–Crippen MR) is 133 cm³/mol. The summed E-state index contributed by atoms with van der Waals surface area (Å²) in [5.41, 5.74) is 5.30. The van der Waals surface area contributed by atoms with Crippen molar-refractivity contribution < 1.29 is 14.3 Å². The fraction of sp³-hybridized carbons (Fsp3) is 0.250. The van der Waals surface area contributed by atoms with Crippen molar-refractivity contribution in [2.75, 3.05) is 18.4 Å². The van der Waals surface area contributed by atoms with Crippen LogP contribution in [0.3, 0.4) is 0 Å². The normalized spacial score (nSPS) is 17.1. The molecule has 6 rings (SSSR count). The number of carbonyl (C=O) groups excluding carboxylic acids is 2. The summed E-state index contributed by atoms with van der Waals surface area (Å²) in [7, 11) is 0. The van der Waals surface area contributed by atoms with Crippen molar-refractivity contribution in [3.8, 4) is 0 Å². The number of anilines is 1. The summed E-state index contributed by atoms with van der Waals surface area (Å²) >= 11 is 0. The van der Waals surface area contributed by atoms with Crippen LogP contribution in [0.5, 0.6) is 0 Å². The summed E-state index contributed by atoms with van der Waals surface area (Å²) in [6.07, 6.45) is 0.554. The number of hydrogen-bond donors (Lipinski definition) is 1. The Morgan fingerprint density at radius 2 is 1.86 bits per heavy atom. The number of imidazole rings is 1. The maximum atomic E-state index is 12.7. The van der Waals surface area contributed by atoms with Crippen LogP contribution in [0.15, 0.2) is 72.8 Å². The highest BCUT2D eigenvalue weighted by Gasteiger charge is 2.32. The van der Waals surface area contributed by atoms with Gasteiger partial charge >= 0.3 is 5.97 Å². The molecule has 3 aromatic carbocycles. The Kier molecular flexibility index (Phi) is 5.54. The van der Waals surface area contributed by atoms with Crippen LogP contribution in [0.1, 0.15) is 39.8 Å². The van der Waals surface area contributed by atoms with Crippen molar-refractivity contribution in [2.45, 2.75) is 32.0 Å². The minimum atomic E-state index is -0.552. The van der Waals surface area contributed by atoms with Crippen LogP contribution in [0.2, 0.25) is 0 Å². The van der Waals surface area contributed by atoms with Gasteiger partial charge < -0.3 is 14.6 Å².